The molecule has 1 saturated heterocycles. The molecule has 3 aliphatic carbocycles. The predicted octanol–water partition coefficient (Wildman–Crippen LogP) is 3.71. The van der Waals surface area contributed by atoms with Gasteiger partial charge < -0.3 is 36.0 Å². The fourth-order valence-electron chi connectivity index (χ4n) is 8.60. The summed E-state index contributed by atoms with van der Waals surface area (Å²) in [6, 6.07) is 12.1. The predicted molar refractivity (Wildman–Crippen MR) is 193 cm³/mol. The van der Waals surface area contributed by atoms with Crippen LogP contribution in [0.15, 0.2) is 36.4 Å². The monoisotopic (exact) mass is 664 g/mol. The van der Waals surface area contributed by atoms with Crippen molar-refractivity contribution in [2.45, 2.75) is 77.9 Å². The number of benzene rings is 2. The van der Waals surface area contributed by atoms with Crippen LogP contribution >= 0.6 is 0 Å². The zero-order valence-corrected chi connectivity index (χ0v) is 30.6. The normalized spacial score (nSPS) is 28.6. The Bertz CT molecular complexity index is 1410. The van der Waals surface area contributed by atoms with Gasteiger partial charge in [-0.15, -0.1) is 0 Å². The van der Waals surface area contributed by atoms with Crippen molar-refractivity contribution in [1.29, 1.82) is 0 Å². The molecule has 1 aliphatic heterocycles. The number of anilines is 1. The summed E-state index contributed by atoms with van der Waals surface area (Å²) in [5.74, 6) is 1.78. The fourth-order valence-corrected chi connectivity index (χ4v) is 8.60. The molecular formula is C38H60N6O4. The average molecular weight is 665 g/mol. The molecule has 8 atom stereocenters. The van der Waals surface area contributed by atoms with Gasteiger partial charge in [0.1, 0.15) is 11.8 Å². The molecular weight excluding hydrogens is 604 g/mol. The molecule has 2 aromatic rings. The van der Waals surface area contributed by atoms with Crippen molar-refractivity contribution < 1.29 is 19.5 Å². The second kappa shape index (κ2) is 15.0. The van der Waals surface area contributed by atoms with E-state index in [1.54, 1.807) is 19.1 Å². The zero-order valence-electron chi connectivity index (χ0n) is 30.6. The van der Waals surface area contributed by atoms with E-state index in [2.05, 4.69) is 93.7 Å². The van der Waals surface area contributed by atoms with Gasteiger partial charge in [-0.3, -0.25) is 9.63 Å². The number of ether oxygens (including phenoxy) is 1. The third-order valence-electron chi connectivity index (χ3n) is 11.6. The van der Waals surface area contributed by atoms with Crippen LogP contribution in [0.1, 0.15) is 51.7 Å². The Hall–Kier alpha value is -2.73. The maximum atomic E-state index is 14.2. The number of nitrogens with one attached hydrogen (secondary N) is 2. The van der Waals surface area contributed by atoms with Crippen molar-refractivity contribution in [3.8, 4) is 16.9 Å². The van der Waals surface area contributed by atoms with Gasteiger partial charge in [-0.1, -0.05) is 39.0 Å². The highest BCUT2D eigenvalue weighted by molar-refractivity contribution is 5.83. The molecule has 4 fully saturated rings. The summed E-state index contributed by atoms with van der Waals surface area (Å²) in [5, 5.41) is 19.7. The third kappa shape index (κ3) is 7.39. The fraction of sp³-hybridized carbons (Fsp3) is 0.658. The maximum Gasteiger partial charge on any atom is 0.240 e. The summed E-state index contributed by atoms with van der Waals surface area (Å²) in [5.41, 5.74) is 11.7. The average Bonchev–Trinajstić information content (AvgIpc) is 3.42. The minimum atomic E-state index is -0.776. The second-order valence-electron chi connectivity index (χ2n) is 15.5. The van der Waals surface area contributed by atoms with Gasteiger partial charge in [0.05, 0.1) is 25.9 Å². The number of rotatable bonds is 14. The minimum absolute atomic E-state index is 0.104. The van der Waals surface area contributed by atoms with E-state index in [0.717, 1.165) is 54.2 Å². The van der Waals surface area contributed by atoms with Crippen molar-refractivity contribution >= 4 is 11.6 Å². The van der Waals surface area contributed by atoms with Crippen LogP contribution in [0.4, 0.5) is 5.69 Å². The number of hydrogen-bond donors (Lipinski definition) is 4. The third-order valence-corrected chi connectivity index (χ3v) is 11.6. The molecule has 10 nitrogen and oxygen atoms in total. The molecule has 1 heterocycles. The Labute approximate surface area is 288 Å². The molecule has 0 aromatic heterocycles. The van der Waals surface area contributed by atoms with Crippen LogP contribution in [0.5, 0.6) is 5.75 Å². The molecule has 48 heavy (non-hydrogen) atoms. The van der Waals surface area contributed by atoms with E-state index in [1.165, 1.54) is 12.0 Å². The highest BCUT2D eigenvalue weighted by atomic mass is 16.7. The van der Waals surface area contributed by atoms with Gasteiger partial charge in [0, 0.05) is 69.0 Å². The number of carbonyl (C=O) groups excluding carboxylic acids is 1. The maximum absolute atomic E-state index is 14.2. The number of hydroxylamine groups is 2. The van der Waals surface area contributed by atoms with Crippen molar-refractivity contribution in [1.82, 2.24) is 20.6 Å². The quantitative estimate of drug-likeness (QED) is 0.225. The SMILES string of the molecule is COc1c(CN2O[C@@H](CN)[C@H]([C@H](C)O)[C@H]2C(=O)NC2C[C@@H]3C[C@H]([C@@H]2C)C3(C)C)cccc1-c1cc(CNCCN(C)C)cc(N(C)C)c1. The number of aliphatic hydroxyl groups is 1. The Balaban J connectivity index is 1.42. The van der Waals surface area contributed by atoms with Crippen molar-refractivity contribution in [2.24, 2.45) is 34.8 Å². The topological polar surface area (TPSA) is 116 Å². The molecule has 10 heteroatoms. The number of methoxy groups -OCH3 is 1. The first kappa shape index (κ1) is 36.5. The van der Waals surface area contributed by atoms with Crippen LogP contribution < -0.4 is 26.0 Å². The van der Waals surface area contributed by atoms with Gasteiger partial charge in [-0.05, 0) is 86.4 Å². The number of para-hydroxylation sites is 1. The smallest absolute Gasteiger partial charge is 0.240 e. The number of nitrogens with zero attached hydrogens (tertiary/aromatic N) is 3. The highest BCUT2D eigenvalue weighted by Gasteiger charge is 2.57. The Kier molecular flexibility index (Phi) is 11.4. The number of likely N-dealkylation sites (N-methyl/N-ethyl adjacent to an activating group) is 1. The molecule has 1 unspecified atom stereocenters. The summed E-state index contributed by atoms with van der Waals surface area (Å²) in [7, 11) is 9.95. The van der Waals surface area contributed by atoms with E-state index in [-0.39, 0.29) is 18.5 Å². The lowest BCUT2D eigenvalue weighted by Gasteiger charge is -2.62. The summed E-state index contributed by atoms with van der Waals surface area (Å²) >= 11 is 0. The molecule has 0 spiro atoms. The van der Waals surface area contributed by atoms with Crippen LogP contribution in [-0.4, -0.2) is 100 Å². The van der Waals surface area contributed by atoms with Gasteiger partial charge in [0.15, 0.2) is 0 Å². The van der Waals surface area contributed by atoms with Gasteiger partial charge >= 0.3 is 0 Å². The zero-order chi connectivity index (χ0) is 34.9. The second-order valence-corrected chi connectivity index (χ2v) is 15.5. The van der Waals surface area contributed by atoms with Crippen LogP contribution in [-0.2, 0) is 22.7 Å². The molecule has 266 valence electrons. The van der Waals surface area contributed by atoms with Gasteiger partial charge in [-0.25, -0.2) is 0 Å². The lowest BCUT2D eigenvalue weighted by Crippen LogP contribution is -2.62. The first-order valence-corrected chi connectivity index (χ1v) is 17.7. The molecule has 4 aliphatic rings. The van der Waals surface area contributed by atoms with Crippen LogP contribution in [0.2, 0.25) is 0 Å². The number of aliphatic hydroxyl groups excluding tert-OH is 1. The number of nitrogens with two attached hydrogens (primary N) is 1. The van der Waals surface area contributed by atoms with Gasteiger partial charge in [0.2, 0.25) is 5.91 Å². The number of fused-ring (bicyclic) bond motifs is 2. The molecule has 2 bridgehead atoms. The van der Waals surface area contributed by atoms with Crippen LogP contribution in [0.25, 0.3) is 11.1 Å². The lowest BCUT2D eigenvalue weighted by molar-refractivity contribution is -0.175. The molecule has 0 radical (unpaired) electrons. The van der Waals surface area contributed by atoms with Crippen molar-refractivity contribution in [3.05, 3.63) is 47.5 Å². The first-order valence-electron chi connectivity index (χ1n) is 17.7. The Morgan fingerprint density at radius 3 is 2.54 bits per heavy atom. The molecule has 6 rings (SSSR count). The highest BCUT2D eigenvalue weighted by Crippen LogP contribution is 2.61. The van der Waals surface area contributed by atoms with Crippen LogP contribution in [0.3, 0.4) is 0 Å². The first-order chi connectivity index (χ1) is 22.8. The van der Waals surface area contributed by atoms with Crippen molar-refractivity contribution in [2.75, 3.05) is 59.8 Å². The van der Waals surface area contributed by atoms with E-state index in [9.17, 15) is 9.90 Å². The van der Waals surface area contributed by atoms with Gasteiger partial charge in [-0.2, -0.15) is 5.06 Å². The number of amides is 1. The summed E-state index contributed by atoms with van der Waals surface area (Å²) in [6.07, 6.45) is 0.971. The summed E-state index contributed by atoms with van der Waals surface area (Å²) in [4.78, 5) is 24.9. The Morgan fingerprint density at radius 1 is 1.19 bits per heavy atom. The summed E-state index contributed by atoms with van der Waals surface area (Å²) in [6.45, 7) is 11.9. The van der Waals surface area contributed by atoms with E-state index in [4.69, 9.17) is 15.3 Å². The van der Waals surface area contributed by atoms with Gasteiger partial charge in [0.25, 0.3) is 0 Å². The Morgan fingerprint density at radius 2 is 1.94 bits per heavy atom. The van der Waals surface area contributed by atoms with E-state index in [1.807, 2.05) is 12.1 Å². The van der Waals surface area contributed by atoms with Crippen LogP contribution in [0, 0.1) is 29.1 Å². The minimum Gasteiger partial charge on any atom is -0.496 e. The van der Waals surface area contributed by atoms with E-state index < -0.39 is 24.2 Å². The largest absolute Gasteiger partial charge is 0.496 e. The number of carbonyl (C=O) groups is 1. The molecule has 5 N–H and O–H groups in total. The molecule has 2 aromatic carbocycles. The van der Waals surface area contributed by atoms with E-state index in [0.29, 0.717) is 29.7 Å². The summed E-state index contributed by atoms with van der Waals surface area (Å²) < 4.78 is 6.11. The molecule has 1 amide bonds. The molecule has 3 saturated carbocycles. The van der Waals surface area contributed by atoms with Crippen molar-refractivity contribution in [3.63, 3.8) is 0 Å². The lowest BCUT2D eigenvalue weighted by atomic mass is 9.45. The van der Waals surface area contributed by atoms with E-state index >= 15 is 0 Å². The standard InChI is InChI=1S/C38H60N6O4/c1-23-31-18-28(38(31,3)4)19-32(23)41-37(46)35-34(24(2)45)33(20-39)48-44(35)22-26-11-10-12-30(36(26)47-9)27-15-25(16-29(17-27)43(7)8)21-40-13-14-42(5)6/h10-12,15-17,23-24,28,31-35,40,45H,13-14,18-22,39H2,1-9H3,(H,41,46)/t23-,24-,28-,31+,32?,33-,34-,35-/m0/s1. The number of hydrogen-bond acceptors (Lipinski definition) is 9.